The summed E-state index contributed by atoms with van der Waals surface area (Å²) in [6.07, 6.45) is 4.93. The second-order valence-electron chi connectivity index (χ2n) is 5.50. The lowest BCUT2D eigenvalue weighted by Gasteiger charge is -2.17. The van der Waals surface area contributed by atoms with Crippen LogP contribution >= 0.6 is 0 Å². The maximum atomic E-state index is 10.8. The van der Waals surface area contributed by atoms with E-state index in [4.69, 9.17) is 5.11 Å². The quantitative estimate of drug-likeness (QED) is 0.916. The van der Waals surface area contributed by atoms with E-state index in [0.29, 0.717) is 6.54 Å². The van der Waals surface area contributed by atoms with Crippen molar-refractivity contribution in [3.8, 4) is 0 Å². The summed E-state index contributed by atoms with van der Waals surface area (Å²) in [6, 6.07) is 0. The monoisotopic (exact) mass is 275 g/mol. The van der Waals surface area contributed by atoms with Gasteiger partial charge < -0.3 is 9.67 Å². The van der Waals surface area contributed by atoms with E-state index in [1.54, 1.807) is 6.20 Å². The van der Waals surface area contributed by atoms with E-state index in [1.165, 1.54) is 10.9 Å². The first-order valence-electron chi connectivity index (χ1n) is 6.15. The average molecular weight is 275 g/mol. The predicted octanol–water partition coefficient (Wildman–Crippen LogP) is 1.62. The highest BCUT2D eigenvalue weighted by molar-refractivity contribution is 5.84. The number of hydrogen-bond acceptors (Lipinski definition) is 4. The maximum absolute atomic E-state index is 10.8. The largest absolute Gasteiger partial charge is 0.476 e. The smallest absolute Gasteiger partial charge is 0.358 e. The minimum Gasteiger partial charge on any atom is -0.476 e. The maximum Gasteiger partial charge on any atom is 0.358 e. The molecule has 2 aromatic rings. The molecule has 106 valence electrons. The summed E-state index contributed by atoms with van der Waals surface area (Å²) in [5.41, 5.74) is 0.585. The molecule has 0 aliphatic rings. The van der Waals surface area contributed by atoms with Crippen molar-refractivity contribution in [2.75, 3.05) is 0 Å². The molecule has 2 heterocycles. The number of hydrogen-bond donors (Lipinski definition) is 1. The van der Waals surface area contributed by atoms with Crippen molar-refractivity contribution in [2.45, 2.75) is 32.7 Å². The Morgan fingerprint density at radius 1 is 1.45 bits per heavy atom. The van der Waals surface area contributed by atoms with Crippen LogP contribution in [0.5, 0.6) is 0 Å². The Labute approximate surface area is 116 Å². The van der Waals surface area contributed by atoms with Gasteiger partial charge in [0.2, 0.25) is 0 Å². The van der Waals surface area contributed by atoms with Gasteiger partial charge in [-0.25, -0.2) is 14.5 Å². The lowest BCUT2D eigenvalue weighted by Crippen LogP contribution is -2.16. The molecule has 0 amide bonds. The van der Waals surface area contributed by atoms with Crippen LogP contribution in [0.15, 0.2) is 19.0 Å². The molecule has 0 saturated heterocycles. The average Bonchev–Trinajstić information content (AvgIpc) is 2.95. The number of carboxylic acid groups (broad SMARTS) is 1. The molecule has 0 atom stereocenters. The Hall–Kier alpha value is -2.44. The number of aromatic carboxylic acids is 1. The topological polar surface area (TPSA) is 85.8 Å². The van der Waals surface area contributed by atoms with E-state index >= 15 is 0 Å². The van der Waals surface area contributed by atoms with E-state index in [1.807, 2.05) is 10.8 Å². The molecule has 0 unspecified atom stereocenters. The van der Waals surface area contributed by atoms with Crippen LogP contribution in [0.4, 0.5) is 0 Å². The first-order valence-corrected chi connectivity index (χ1v) is 6.15. The molecule has 0 aliphatic carbocycles. The lowest BCUT2D eigenvalue weighted by atomic mass is 9.96. The van der Waals surface area contributed by atoms with E-state index in [9.17, 15) is 4.79 Å². The van der Waals surface area contributed by atoms with Crippen LogP contribution in [0.3, 0.4) is 0 Å². The second-order valence-corrected chi connectivity index (χ2v) is 5.50. The molecule has 1 N–H and O–H groups in total. The molecule has 0 saturated carbocycles. The number of carbonyl (C=O) groups is 1. The summed E-state index contributed by atoms with van der Waals surface area (Å²) < 4.78 is 3.32. The van der Waals surface area contributed by atoms with Crippen molar-refractivity contribution >= 4 is 12.2 Å². The molecule has 0 radical (unpaired) electrons. The summed E-state index contributed by atoms with van der Waals surface area (Å²) in [7, 11) is 0. The van der Waals surface area contributed by atoms with Crippen molar-refractivity contribution in [1.29, 1.82) is 0 Å². The van der Waals surface area contributed by atoms with Crippen LogP contribution in [-0.2, 0) is 12.0 Å². The highest BCUT2D eigenvalue weighted by atomic mass is 16.4. The second kappa shape index (κ2) is 4.92. The Morgan fingerprint density at radius 3 is 2.60 bits per heavy atom. The Morgan fingerprint density at radius 2 is 2.15 bits per heavy atom. The summed E-state index contributed by atoms with van der Waals surface area (Å²) in [5, 5.41) is 16.1. The standard InChI is InChI=1S/C13H17N5O2/c1-5-17-6-9(14-12(17)13(2,3)4)7-18-8-10(11(19)20)15-16-18/h5-6,8H,1,7H2,2-4H3,(H,19,20). The number of aromatic nitrogens is 5. The summed E-state index contributed by atoms with van der Waals surface area (Å²) in [5.74, 6) is -0.204. The van der Waals surface area contributed by atoms with Crippen LogP contribution in [0.1, 0.15) is 42.8 Å². The third-order valence-corrected chi connectivity index (χ3v) is 2.73. The Kier molecular flexibility index (Phi) is 3.44. The highest BCUT2D eigenvalue weighted by Crippen LogP contribution is 2.22. The van der Waals surface area contributed by atoms with Crippen molar-refractivity contribution in [3.05, 3.63) is 36.2 Å². The normalized spacial score (nSPS) is 11.6. The van der Waals surface area contributed by atoms with E-state index in [0.717, 1.165) is 11.5 Å². The fourth-order valence-electron chi connectivity index (χ4n) is 1.85. The van der Waals surface area contributed by atoms with Gasteiger partial charge in [-0.3, -0.25) is 0 Å². The molecule has 0 aliphatic heterocycles. The van der Waals surface area contributed by atoms with Gasteiger partial charge in [-0.1, -0.05) is 32.6 Å². The fraction of sp³-hybridized carbons (Fsp3) is 0.385. The molecular weight excluding hydrogens is 258 g/mol. The molecule has 0 spiro atoms. The molecule has 2 aromatic heterocycles. The zero-order chi connectivity index (χ0) is 14.9. The predicted molar refractivity (Wildman–Crippen MR) is 73.4 cm³/mol. The third-order valence-electron chi connectivity index (χ3n) is 2.73. The van der Waals surface area contributed by atoms with Gasteiger partial charge in [0.25, 0.3) is 0 Å². The summed E-state index contributed by atoms with van der Waals surface area (Å²) in [4.78, 5) is 15.3. The molecule has 20 heavy (non-hydrogen) atoms. The Balaban J connectivity index is 2.27. The van der Waals surface area contributed by atoms with Gasteiger partial charge in [0, 0.05) is 17.8 Å². The highest BCUT2D eigenvalue weighted by Gasteiger charge is 2.21. The minimum atomic E-state index is -1.09. The number of carboxylic acids is 1. The van der Waals surface area contributed by atoms with Crippen LogP contribution < -0.4 is 0 Å². The summed E-state index contributed by atoms with van der Waals surface area (Å²) >= 11 is 0. The molecule has 0 aromatic carbocycles. The zero-order valence-electron chi connectivity index (χ0n) is 11.7. The minimum absolute atomic E-state index is 0.0794. The zero-order valence-corrected chi connectivity index (χ0v) is 11.7. The van der Waals surface area contributed by atoms with E-state index in [-0.39, 0.29) is 11.1 Å². The molecule has 0 bridgehead atoms. The Bertz CT molecular complexity index is 648. The van der Waals surface area contributed by atoms with Gasteiger partial charge in [-0.15, -0.1) is 5.10 Å². The first kappa shape index (κ1) is 14.0. The van der Waals surface area contributed by atoms with Gasteiger partial charge >= 0.3 is 5.97 Å². The van der Waals surface area contributed by atoms with Crippen LogP contribution in [0, 0.1) is 0 Å². The summed E-state index contributed by atoms with van der Waals surface area (Å²) in [6.45, 7) is 10.3. The van der Waals surface area contributed by atoms with Gasteiger partial charge in [0.05, 0.1) is 18.4 Å². The van der Waals surface area contributed by atoms with Crippen molar-refractivity contribution < 1.29 is 9.90 Å². The van der Waals surface area contributed by atoms with Crippen molar-refractivity contribution in [2.24, 2.45) is 0 Å². The van der Waals surface area contributed by atoms with Crippen LogP contribution in [0.2, 0.25) is 0 Å². The number of rotatable bonds is 4. The van der Waals surface area contributed by atoms with Gasteiger partial charge in [-0.05, 0) is 0 Å². The fourth-order valence-corrected chi connectivity index (χ4v) is 1.85. The van der Waals surface area contributed by atoms with Crippen LogP contribution in [-0.4, -0.2) is 35.6 Å². The molecule has 7 nitrogen and oxygen atoms in total. The molecule has 0 fully saturated rings. The SMILES string of the molecule is C=Cn1cc(Cn2cc(C(=O)O)nn2)nc1C(C)(C)C. The van der Waals surface area contributed by atoms with Crippen molar-refractivity contribution in [3.63, 3.8) is 0 Å². The lowest BCUT2D eigenvalue weighted by molar-refractivity contribution is 0.0690. The number of nitrogens with zero attached hydrogens (tertiary/aromatic N) is 5. The van der Waals surface area contributed by atoms with E-state index < -0.39 is 5.97 Å². The van der Waals surface area contributed by atoms with Gasteiger partial charge in [0.1, 0.15) is 5.82 Å². The molecular formula is C13H17N5O2. The first-order chi connectivity index (χ1) is 9.31. The van der Waals surface area contributed by atoms with E-state index in [2.05, 4.69) is 42.6 Å². The van der Waals surface area contributed by atoms with Gasteiger partial charge in [0.15, 0.2) is 5.69 Å². The molecule has 7 heteroatoms. The van der Waals surface area contributed by atoms with Gasteiger partial charge in [-0.2, -0.15) is 0 Å². The van der Waals surface area contributed by atoms with Crippen LogP contribution in [0.25, 0.3) is 6.20 Å². The number of imidazole rings is 1. The molecule has 2 rings (SSSR count). The van der Waals surface area contributed by atoms with Crippen molar-refractivity contribution in [1.82, 2.24) is 24.5 Å². The third kappa shape index (κ3) is 2.76.